The molecule has 3 N–H and O–H groups in total. The predicted octanol–water partition coefficient (Wildman–Crippen LogP) is 4.55. The van der Waals surface area contributed by atoms with Gasteiger partial charge in [-0.05, 0) is 36.8 Å². The first-order chi connectivity index (χ1) is 17.2. The van der Waals surface area contributed by atoms with E-state index in [4.69, 9.17) is 16.3 Å². The fraction of sp³-hybridized carbons (Fsp3) is 0.333. The van der Waals surface area contributed by atoms with Crippen LogP contribution in [-0.4, -0.2) is 59.1 Å². The normalized spacial score (nSPS) is 13.8. The third kappa shape index (κ3) is 7.07. The molecule has 3 heterocycles. The number of hydrogen-bond acceptors (Lipinski definition) is 8. The van der Waals surface area contributed by atoms with Crippen molar-refractivity contribution in [3.05, 3.63) is 66.3 Å². The topological polar surface area (TPSA) is 121 Å². The number of thiophene rings is 1. The molecule has 0 fully saturated rings. The fourth-order valence-corrected chi connectivity index (χ4v) is 5.88. The van der Waals surface area contributed by atoms with Crippen molar-refractivity contribution in [2.45, 2.75) is 32.5 Å². The van der Waals surface area contributed by atoms with Gasteiger partial charge in [-0.25, -0.2) is 9.78 Å². The maximum absolute atomic E-state index is 13.1. The molecule has 0 saturated carbocycles. The van der Waals surface area contributed by atoms with Gasteiger partial charge in [0.1, 0.15) is 0 Å². The van der Waals surface area contributed by atoms with Gasteiger partial charge >= 0.3 is 5.97 Å². The molecule has 0 spiro atoms. The van der Waals surface area contributed by atoms with Gasteiger partial charge in [-0.15, -0.1) is 35.1 Å². The van der Waals surface area contributed by atoms with Crippen molar-refractivity contribution in [2.75, 3.05) is 25.6 Å². The second-order valence-corrected chi connectivity index (χ2v) is 11.1. The number of benzene rings is 1. The molecule has 1 aliphatic rings. The molecule has 3 aromatic rings. The van der Waals surface area contributed by atoms with Crippen molar-refractivity contribution in [3.8, 4) is 0 Å². The number of methoxy groups -OCH3 is 1. The van der Waals surface area contributed by atoms with Crippen LogP contribution in [0.4, 0.5) is 5.69 Å². The minimum absolute atomic E-state index is 0. The summed E-state index contributed by atoms with van der Waals surface area (Å²) in [5, 5.41) is 15.3. The van der Waals surface area contributed by atoms with E-state index < -0.39 is 11.9 Å². The number of nitrogens with zero attached hydrogens (tertiary/aromatic N) is 2. The second-order valence-electron chi connectivity index (χ2n) is 8.33. The number of carboxylic acid groups (broad SMARTS) is 1. The summed E-state index contributed by atoms with van der Waals surface area (Å²) in [6.45, 7) is 4.35. The van der Waals surface area contributed by atoms with E-state index in [0.29, 0.717) is 38.6 Å². The van der Waals surface area contributed by atoms with E-state index in [0.717, 1.165) is 34.9 Å². The molecule has 0 aliphatic carbocycles. The molecular formula is C24H26Cl2N4O5S2. The molecule has 4 rings (SSSR count). The summed E-state index contributed by atoms with van der Waals surface area (Å²) in [4.78, 5) is 45.4. The van der Waals surface area contributed by atoms with Crippen molar-refractivity contribution in [1.29, 1.82) is 0 Å². The van der Waals surface area contributed by atoms with Crippen LogP contribution in [0.25, 0.3) is 0 Å². The van der Waals surface area contributed by atoms with Crippen LogP contribution in [0.2, 0.25) is 4.34 Å². The van der Waals surface area contributed by atoms with Crippen LogP contribution in [0.5, 0.6) is 0 Å². The van der Waals surface area contributed by atoms with E-state index in [1.807, 2.05) is 0 Å². The largest absolute Gasteiger partial charge is 0.478 e. The van der Waals surface area contributed by atoms with Crippen molar-refractivity contribution in [3.63, 3.8) is 0 Å². The zero-order valence-corrected chi connectivity index (χ0v) is 23.3. The lowest BCUT2D eigenvalue weighted by Crippen LogP contribution is -2.39. The third-order valence-electron chi connectivity index (χ3n) is 5.83. The maximum Gasteiger partial charge on any atom is 0.335 e. The molecule has 0 saturated heterocycles. The summed E-state index contributed by atoms with van der Waals surface area (Å²) < 4.78 is 5.76. The average Bonchev–Trinajstić information content (AvgIpc) is 3.49. The summed E-state index contributed by atoms with van der Waals surface area (Å²) >= 11 is 8.40. The molecule has 1 aliphatic heterocycles. The predicted molar refractivity (Wildman–Crippen MR) is 147 cm³/mol. The number of anilines is 1. The summed E-state index contributed by atoms with van der Waals surface area (Å²) in [6, 6.07) is 7.90. The molecule has 0 radical (unpaired) electrons. The van der Waals surface area contributed by atoms with Crippen molar-refractivity contribution >= 4 is 70.2 Å². The van der Waals surface area contributed by atoms with E-state index >= 15 is 0 Å². The summed E-state index contributed by atoms with van der Waals surface area (Å²) in [5.74, 6) is -1.86. The lowest BCUT2D eigenvalue weighted by molar-refractivity contribution is 0.0696. The Morgan fingerprint density at radius 3 is 2.68 bits per heavy atom. The highest BCUT2D eigenvalue weighted by Gasteiger charge is 2.26. The van der Waals surface area contributed by atoms with Crippen LogP contribution >= 0.6 is 46.7 Å². The number of ether oxygens (including phenoxy) is 1. The third-order valence-corrected chi connectivity index (χ3v) is 8.14. The van der Waals surface area contributed by atoms with E-state index in [1.54, 1.807) is 25.3 Å². The lowest BCUT2D eigenvalue weighted by Gasteiger charge is -2.31. The Kier molecular flexibility index (Phi) is 10.0. The Morgan fingerprint density at radius 1 is 1.22 bits per heavy atom. The maximum atomic E-state index is 13.1. The van der Waals surface area contributed by atoms with E-state index in [1.165, 1.54) is 23.5 Å². The smallest absolute Gasteiger partial charge is 0.335 e. The molecule has 2 amide bonds. The van der Waals surface area contributed by atoms with Gasteiger partial charge in [0.15, 0.2) is 5.01 Å². The van der Waals surface area contributed by atoms with Crippen molar-refractivity contribution in [2.24, 2.45) is 0 Å². The first-order valence-corrected chi connectivity index (χ1v) is 13.2. The highest BCUT2D eigenvalue weighted by molar-refractivity contribution is 7.18. The number of aromatic nitrogens is 1. The average molecular weight is 586 g/mol. The molecule has 9 nitrogen and oxygen atoms in total. The quantitative estimate of drug-likeness (QED) is 0.337. The number of amides is 2. The Balaban J connectivity index is 0.00000380. The fourth-order valence-electron chi connectivity index (χ4n) is 3.89. The monoisotopic (exact) mass is 584 g/mol. The minimum atomic E-state index is -1.12. The van der Waals surface area contributed by atoms with Crippen molar-refractivity contribution in [1.82, 2.24) is 15.2 Å². The molecule has 198 valence electrons. The van der Waals surface area contributed by atoms with E-state index in [9.17, 15) is 19.5 Å². The number of carboxylic acids is 1. The Labute approximate surface area is 233 Å². The molecular weight excluding hydrogens is 559 g/mol. The van der Waals surface area contributed by atoms with E-state index in [2.05, 4.69) is 27.4 Å². The van der Waals surface area contributed by atoms with Gasteiger partial charge in [0.05, 0.1) is 27.1 Å². The molecule has 1 aromatic carbocycles. The Bertz CT molecular complexity index is 1300. The molecule has 1 unspecified atom stereocenters. The lowest BCUT2D eigenvalue weighted by atomic mass is 10.1. The van der Waals surface area contributed by atoms with Crippen LogP contribution < -0.4 is 10.6 Å². The Hall–Kier alpha value is -2.54. The molecule has 2 aromatic heterocycles. The zero-order chi connectivity index (χ0) is 25.8. The van der Waals surface area contributed by atoms with E-state index in [-0.39, 0.29) is 36.5 Å². The number of carbonyl (C=O) groups is 3. The molecule has 0 bridgehead atoms. The highest BCUT2D eigenvalue weighted by Crippen LogP contribution is 2.28. The zero-order valence-electron chi connectivity index (χ0n) is 20.1. The molecule has 13 heteroatoms. The number of fused-ring (bicyclic) bond motifs is 1. The standard InChI is InChI=1S/C24H25ClN4O5S2.ClH/c1-13(12-34-2)29-8-7-16-19(11-29)36-23(28-16)22(31)27-17-9-14(24(32)33)3-4-15(17)10-26-21(30)18-5-6-20(25)35-18;/h3-6,9,13H,7-8,10-12H2,1-2H3,(H,26,30)(H,27,31)(H,32,33);1H. The highest BCUT2D eigenvalue weighted by atomic mass is 35.5. The van der Waals surface area contributed by atoms with Gasteiger partial charge in [0.2, 0.25) is 0 Å². The summed E-state index contributed by atoms with van der Waals surface area (Å²) in [7, 11) is 1.68. The number of carbonyl (C=O) groups excluding carboxylic acids is 2. The van der Waals surface area contributed by atoms with Crippen LogP contribution in [-0.2, 0) is 24.2 Å². The van der Waals surface area contributed by atoms with Crippen LogP contribution in [0.3, 0.4) is 0 Å². The van der Waals surface area contributed by atoms with Crippen molar-refractivity contribution < 1.29 is 24.2 Å². The number of hydrogen-bond donors (Lipinski definition) is 3. The second kappa shape index (κ2) is 12.8. The van der Waals surface area contributed by atoms with Gasteiger partial charge < -0.3 is 20.5 Å². The van der Waals surface area contributed by atoms with Gasteiger partial charge in [0.25, 0.3) is 11.8 Å². The van der Waals surface area contributed by atoms with Crippen LogP contribution in [0.1, 0.15) is 52.9 Å². The minimum Gasteiger partial charge on any atom is -0.478 e. The first kappa shape index (κ1) is 29.0. The van der Waals surface area contributed by atoms with Gasteiger partial charge in [-0.2, -0.15) is 0 Å². The van der Waals surface area contributed by atoms with Gasteiger partial charge in [-0.3, -0.25) is 14.5 Å². The van der Waals surface area contributed by atoms with Crippen LogP contribution in [0.15, 0.2) is 30.3 Å². The molecule has 1 atom stereocenters. The molecule has 37 heavy (non-hydrogen) atoms. The number of rotatable bonds is 9. The number of thiazole rings is 1. The van der Waals surface area contributed by atoms with Crippen LogP contribution in [0, 0.1) is 0 Å². The summed E-state index contributed by atoms with van der Waals surface area (Å²) in [6.07, 6.45) is 0.742. The summed E-state index contributed by atoms with van der Waals surface area (Å²) in [5.41, 5.74) is 1.79. The first-order valence-electron chi connectivity index (χ1n) is 11.2. The van der Waals surface area contributed by atoms with Gasteiger partial charge in [-0.1, -0.05) is 17.7 Å². The number of aromatic carboxylic acids is 1. The number of nitrogens with one attached hydrogen (secondary N) is 2. The SMILES string of the molecule is COCC(C)N1CCc2nc(C(=O)Nc3cc(C(=O)O)ccc3CNC(=O)c3ccc(Cl)s3)sc2C1.Cl. The Morgan fingerprint density at radius 2 is 2.00 bits per heavy atom. The van der Waals surface area contributed by atoms with Gasteiger partial charge in [0, 0.05) is 49.8 Å². The number of halogens is 2.